The monoisotopic (exact) mass is 532 g/mol. The average Bonchev–Trinajstić information content (AvgIpc) is 3.04. The van der Waals surface area contributed by atoms with Crippen LogP contribution < -0.4 is 0 Å². The minimum atomic E-state index is -1.43. The van der Waals surface area contributed by atoms with Crippen molar-refractivity contribution in [1.82, 2.24) is 0 Å². The van der Waals surface area contributed by atoms with Crippen LogP contribution in [0.25, 0.3) is 0 Å². The van der Waals surface area contributed by atoms with Crippen LogP contribution in [-0.4, -0.2) is 70.0 Å². The number of rotatable bonds is 2. The summed E-state index contributed by atoms with van der Waals surface area (Å²) >= 11 is 0. The van der Waals surface area contributed by atoms with Crippen LogP contribution >= 0.6 is 0 Å². The van der Waals surface area contributed by atoms with Gasteiger partial charge in [0, 0.05) is 11.5 Å². The highest BCUT2D eigenvalue weighted by Crippen LogP contribution is 2.78. The summed E-state index contributed by atoms with van der Waals surface area (Å²) in [4.78, 5) is 26.4. The predicted octanol–water partition coefficient (Wildman–Crippen LogP) is 2.67. The van der Waals surface area contributed by atoms with Gasteiger partial charge in [0.05, 0.1) is 36.4 Å². The molecule has 0 unspecified atom stereocenters. The molecule has 3 saturated carbocycles. The maximum absolute atomic E-state index is 14.1. The average molecular weight is 533 g/mol. The zero-order chi connectivity index (χ0) is 28.1. The van der Waals surface area contributed by atoms with E-state index in [0.717, 1.165) is 5.57 Å². The summed E-state index contributed by atoms with van der Waals surface area (Å²) in [7, 11) is 1.35. The molecule has 0 spiro atoms. The van der Waals surface area contributed by atoms with Gasteiger partial charge in [-0.05, 0) is 75.0 Å². The molecule has 8 nitrogen and oxygen atoms in total. The lowest BCUT2D eigenvalue weighted by Gasteiger charge is -2.75. The third-order valence-electron chi connectivity index (χ3n) is 12.5. The van der Waals surface area contributed by atoms with Gasteiger partial charge in [0.2, 0.25) is 0 Å². The predicted molar refractivity (Wildman–Crippen MR) is 138 cm³/mol. The topological polar surface area (TPSA) is 134 Å². The molecule has 0 aromatic rings. The number of allylic oxidation sites excluding steroid dienone is 2. The zero-order valence-electron chi connectivity index (χ0n) is 23.5. The van der Waals surface area contributed by atoms with E-state index >= 15 is 0 Å². The SMILES string of the molecule is COC(=O)[C@@]12CC[C@@]3(C)[C@@H]4C=CC(=O)OC[C@]4([C@H](C)O)[C@@H](O)[C@@H](O)[C@@H]3[C@@]1(C)CC[C@@]1(C)CC=C(C)C[C@]12O. The molecule has 5 rings (SSSR count). The third kappa shape index (κ3) is 2.95. The molecule has 8 heteroatoms. The van der Waals surface area contributed by atoms with E-state index in [4.69, 9.17) is 9.47 Å². The van der Waals surface area contributed by atoms with Crippen molar-refractivity contribution in [2.45, 2.75) is 97.1 Å². The van der Waals surface area contributed by atoms with Crippen LogP contribution in [0.3, 0.4) is 0 Å². The van der Waals surface area contributed by atoms with Crippen LogP contribution in [0.2, 0.25) is 0 Å². The Hall–Kier alpha value is -1.74. The molecular weight excluding hydrogens is 488 g/mol. The van der Waals surface area contributed by atoms with Gasteiger partial charge in [-0.3, -0.25) is 4.79 Å². The molecule has 5 aliphatic rings. The van der Waals surface area contributed by atoms with E-state index in [0.29, 0.717) is 38.5 Å². The molecule has 1 aliphatic heterocycles. The van der Waals surface area contributed by atoms with Gasteiger partial charge in [-0.15, -0.1) is 0 Å². The second-order valence-corrected chi connectivity index (χ2v) is 13.8. The van der Waals surface area contributed by atoms with Gasteiger partial charge < -0.3 is 29.9 Å². The highest BCUT2D eigenvalue weighted by molar-refractivity contribution is 5.83. The number of fused-ring (bicyclic) bond motifs is 7. The molecule has 4 N–H and O–H groups in total. The highest BCUT2D eigenvalue weighted by Gasteiger charge is 2.81. The van der Waals surface area contributed by atoms with E-state index < -0.39 is 74.8 Å². The van der Waals surface area contributed by atoms with Crippen LogP contribution in [0.15, 0.2) is 23.8 Å². The van der Waals surface area contributed by atoms with Crippen molar-refractivity contribution in [2.75, 3.05) is 13.7 Å². The Morgan fingerprint density at radius 2 is 1.84 bits per heavy atom. The molecule has 0 saturated heterocycles. The van der Waals surface area contributed by atoms with Gasteiger partial charge in [0.15, 0.2) is 0 Å². The summed E-state index contributed by atoms with van der Waals surface area (Å²) in [6.07, 6.45) is 4.29. The summed E-state index contributed by atoms with van der Waals surface area (Å²) in [5.41, 5.74) is -5.27. The smallest absolute Gasteiger partial charge is 0.330 e. The van der Waals surface area contributed by atoms with E-state index in [9.17, 15) is 30.0 Å². The first-order valence-electron chi connectivity index (χ1n) is 14.0. The fourth-order valence-electron chi connectivity index (χ4n) is 10.4. The van der Waals surface area contributed by atoms with Crippen molar-refractivity contribution in [1.29, 1.82) is 0 Å². The number of cyclic esters (lactones) is 1. The molecule has 212 valence electrons. The lowest BCUT2D eigenvalue weighted by molar-refractivity contribution is -0.334. The lowest BCUT2D eigenvalue weighted by Crippen LogP contribution is -2.80. The Balaban J connectivity index is 1.76. The third-order valence-corrected chi connectivity index (χ3v) is 12.5. The van der Waals surface area contributed by atoms with Gasteiger partial charge >= 0.3 is 11.9 Å². The molecule has 0 aromatic heterocycles. The second-order valence-electron chi connectivity index (χ2n) is 13.8. The van der Waals surface area contributed by atoms with Crippen molar-refractivity contribution in [3.05, 3.63) is 23.8 Å². The molecule has 11 atom stereocenters. The van der Waals surface area contributed by atoms with E-state index in [1.807, 2.05) is 20.8 Å². The summed E-state index contributed by atoms with van der Waals surface area (Å²) in [5, 5.41) is 47.7. The fourth-order valence-corrected chi connectivity index (χ4v) is 10.4. The molecular formula is C30H44O8. The van der Waals surface area contributed by atoms with Gasteiger partial charge in [0.1, 0.15) is 12.0 Å². The minimum Gasteiger partial charge on any atom is -0.468 e. The molecule has 38 heavy (non-hydrogen) atoms. The van der Waals surface area contributed by atoms with Crippen molar-refractivity contribution < 1.29 is 39.5 Å². The molecule has 0 aromatic carbocycles. The fraction of sp³-hybridized carbons (Fsp3) is 0.800. The van der Waals surface area contributed by atoms with Crippen LogP contribution in [0.5, 0.6) is 0 Å². The highest BCUT2D eigenvalue weighted by atomic mass is 16.5. The largest absolute Gasteiger partial charge is 0.468 e. The summed E-state index contributed by atoms with van der Waals surface area (Å²) < 4.78 is 10.9. The molecule has 0 amide bonds. The maximum Gasteiger partial charge on any atom is 0.330 e. The Labute approximate surface area is 225 Å². The maximum atomic E-state index is 14.1. The summed E-state index contributed by atoms with van der Waals surface area (Å²) in [6.45, 7) is 9.37. The van der Waals surface area contributed by atoms with Crippen molar-refractivity contribution in [3.8, 4) is 0 Å². The van der Waals surface area contributed by atoms with Crippen molar-refractivity contribution in [2.24, 2.45) is 38.9 Å². The van der Waals surface area contributed by atoms with Gasteiger partial charge in [-0.1, -0.05) is 38.5 Å². The minimum absolute atomic E-state index is 0.230. The van der Waals surface area contributed by atoms with Gasteiger partial charge in [-0.2, -0.15) is 0 Å². The lowest BCUT2D eigenvalue weighted by atomic mass is 9.29. The van der Waals surface area contributed by atoms with Crippen LogP contribution in [0.1, 0.15) is 73.1 Å². The number of ether oxygens (including phenoxy) is 2. The Morgan fingerprint density at radius 1 is 1.16 bits per heavy atom. The normalized spacial score (nSPS) is 52.7. The summed E-state index contributed by atoms with van der Waals surface area (Å²) in [5.74, 6) is -2.19. The zero-order valence-corrected chi connectivity index (χ0v) is 23.5. The number of aliphatic hydroxyl groups is 4. The van der Waals surface area contributed by atoms with Crippen molar-refractivity contribution in [3.63, 3.8) is 0 Å². The number of carbonyl (C=O) groups is 2. The Morgan fingerprint density at radius 3 is 2.47 bits per heavy atom. The Kier molecular flexibility index (Phi) is 6.14. The standard InChI is InChI=1S/C30H44O8/c1-17-9-10-25(3)11-13-27(5)22-21(33)23(34)28(18(2)31)16-38-20(32)8-7-19(28)26(22,4)12-14-29(27,24(35)37-6)30(25,36)15-17/h7-9,18-19,21-23,31,33-34,36H,10-16H2,1-6H3/t18-,19-,21-,22-,23-,25+,26-,27+,28+,29-,30-/m0/s1. The Bertz CT molecular complexity index is 1100. The van der Waals surface area contributed by atoms with E-state index in [1.165, 1.54) is 13.2 Å². The number of methoxy groups -OCH3 is 1. The van der Waals surface area contributed by atoms with E-state index in [2.05, 4.69) is 13.0 Å². The summed E-state index contributed by atoms with van der Waals surface area (Å²) in [6, 6.07) is 0. The number of hydrogen-bond donors (Lipinski definition) is 4. The van der Waals surface area contributed by atoms with E-state index in [-0.39, 0.29) is 6.61 Å². The van der Waals surface area contributed by atoms with Crippen LogP contribution in [0, 0.1) is 38.9 Å². The van der Waals surface area contributed by atoms with Crippen LogP contribution in [0.4, 0.5) is 0 Å². The number of hydrogen-bond acceptors (Lipinski definition) is 8. The molecule has 0 radical (unpaired) electrons. The van der Waals surface area contributed by atoms with Crippen molar-refractivity contribution >= 4 is 11.9 Å². The number of carbonyl (C=O) groups excluding carboxylic acids is 2. The quantitative estimate of drug-likeness (QED) is 0.315. The first kappa shape index (κ1) is 27.8. The number of aliphatic hydroxyl groups excluding tert-OH is 3. The van der Waals surface area contributed by atoms with E-state index in [1.54, 1.807) is 13.0 Å². The second kappa shape index (κ2) is 8.38. The molecule has 4 aliphatic carbocycles. The first-order chi connectivity index (χ1) is 17.6. The van der Waals surface area contributed by atoms with Gasteiger partial charge in [0.25, 0.3) is 0 Å². The van der Waals surface area contributed by atoms with Crippen LogP contribution in [-0.2, 0) is 19.1 Å². The molecule has 1 heterocycles. The first-order valence-corrected chi connectivity index (χ1v) is 14.0. The van der Waals surface area contributed by atoms with Gasteiger partial charge in [-0.25, -0.2) is 4.79 Å². The number of esters is 2. The molecule has 0 bridgehead atoms. The molecule has 3 fully saturated rings.